The van der Waals surface area contributed by atoms with Crippen LogP contribution < -0.4 is 0 Å². The standard InChI is InChI=1S/C20H26N2O4/c23-18-17(15-21-10-7-20(8-11-21)25-12-13-26-20)6-9-22(19(18)24)14-16-4-2-1-3-5-16/h1-5,23H,6-15H2. The second-order valence-corrected chi connectivity index (χ2v) is 7.30. The minimum Gasteiger partial charge on any atom is -0.503 e. The number of hydrogen-bond donors (Lipinski definition) is 1. The smallest absolute Gasteiger partial charge is 0.288 e. The number of benzene rings is 1. The van der Waals surface area contributed by atoms with Gasteiger partial charge in [-0.15, -0.1) is 0 Å². The van der Waals surface area contributed by atoms with Gasteiger partial charge in [-0.1, -0.05) is 30.3 Å². The van der Waals surface area contributed by atoms with Gasteiger partial charge in [-0.25, -0.2) is 0 Å². The van der Waals surface area contributed by atoms with Crippen LogP contribution in [-0.4, -0.2) is 66.0 Å². The van der Waals surface area contributed by atoms with E-state index in [2.05, 4.69) is 4.90 Å². The van der Waals surface area contributed by atoms with Crippen LogP contribution in [0.4, 0.5) is 0 Å². The van der Waals surface area contributed by atoms with Gasteiger partial charge in [0.1, 0.15) is 0 Å². The number of rotatable bonds is 4. The summed E-state index contributed by atoms with van der Waals surface area (Å²) in [6.07, 6.45) is 2.41. The second kappa shape index (κ2) is 7.39. The van der Waals surface area contributed by atoms with Crippen LogP contribution in [0.2, 0.25) is 0 Å². The summed E-state index contributed by atoms with van der Waals surface area (Å²) in [4.78, 5) is 16.5. The van der Waals surface area contributed by atoms with E-state index in [1.165, 1.54) is 0 Å². The SMILES string of the molecule is O=C1C(O)=C(CN2CCC3(CC2)OCCO3)CCN1Cc1ccccc1. The average Bonchev–Trinajstić information content (AvgIpc) is 3.12. The molecule has 6 nitrogen and oxygen atoms in total. The molecule has 1 N–H and O–H groups in total. The van der Waals surface area contributed by atoms with Gasteiger partial charge in [0.05, 0.1) is 13.2 Å². The molecule has 0 aromatic heterocycles. The van der Waals surface area contributed by atoms with E-state index in [-0.39, 0.29) is 17.5 Å². The minimum absolute atomic E-state index is 0.0687. The summed E-state index contributed by atoms with van der Waals surface area (Å²) in [5, 5.41) is 10.4. The lowest BCUT2D eigenvalue weighted by Crippen LogP contribution is -2.46. The lowest BCUT2D eigenvalue weighted by molar-refractivity contribution is -0.184. The largest absolute Gasteiger partial charge is 0.503 e. The summed E-state index contributed by atoms with van der Waals surface area (Å²) in [5.41, 5.74) is 1.93. The second-order valence-electron chi connectivity index (χ2n) is 7.30. The van der Waals surface area contributed by atoms with Gasteiger partial charge in [0.25, 0.3) is 5.91 Å². The number of aliphatic hydroxyl groups is 1. The Morgan fingerprint density at radius 3 is 2.38 bits per heavy atom. The summed E-state index contributed by atoms with van der Waals surface area (Å²) in [5.74, 6) is -0.714. The Balaban J connectivity index is 1.35. The average molecular weight is 358 g/mol. The predicted molar refractivity (Wildman–Crippen MR) is 96.4 cm³/mol. The molecule has 2 saturated heterocycles. The molecule has 140 valence electrons. The van der Waals surface area contributed by atoms with E-state index >= 15 is 0 Å². The molecular formula is C20H26N2O4. The zero-order chi connectivity index (χ0) is 18.0. The molecule has 4 rings (SSSR count). The van der Waals surface area contributed by atoms with Crippen LogP contribution in [0.5, 0.6) is 0 Å². The molecule has 0 unspecified atom stereocenters. The monoisotopic (exact) mass is 358 g/mol. The van der Waals surface area contributed by atoms with Gasteiger partial charge in [-0.3, -0.25) is 9.69 Å². The summed E-state index contributed by atoms with van der Waals surface area (Å²) < 4.78 is 11.5. The summed E-state index contributed by atoms with van der Waals surface area (Å²) in [6, 6.07) is 9.89. The van der Waals surface area contributed by atoms with E-state index in [0.717, 1.165) is 43.5 Å². The van der Waals surface area contributed by atoms with Crippen molar-refractivity contribution in [2.75, 3.05) is 39.4 Å². The van der Waals surface area contributed by atoms with Gasteiger partial charge in [-0.2, -0.15) is 0 Å². The number of nitrogens with zero attached hydrogens (tertiary/aromatic N) is 2. The minimum atomic E-state index is -0.387. The van der Waals surface area contributed by atoms with Crippen molar-refractivity contribution in [2.24, 2.45) is 0 Å². The van der Waals surface area contributed by atoms with Crippen LogP contribution in [0.15, 0.2) is 41.7 Å². The molecule has 0 radical (unpaired) electrons. The molecule has 0 saturated carbocycles. The first-order valence-corrected chi connectivity index (χ1v) is 9.40. The maximum atomic E-state index is 12.5. The molecule has 26 heavy (non-hydrogen) atoms. The Kier molecular flexibility index (Phi) is 4.98. The molecule has 0 atom stereocenters. The van der Waals surface area contributed by atoms with Gasteiger partial charge >= 0.3 is 0 Å². The van der Waals surface area contributed by atoms with Crippen LogP contribution in [0.25, 0.3) is 0 Å². The Morgan fingerprint density at radius 1 is 1.00 bits per heavy atom. The molecule has 6 heteroatoms. The highest BCUT2D eigenvalue weighted by Crippen LogP contribution is 2.32. The van der Waals surface area contributed by atoms with Gasteiger partial charge in [-0.05, 0) is 17.6 Å². The van der Waals surface area contributed by atoms with E-state index in [0.29, 0.717) is 32.8 Å². The van der Waals surface area contributed by atoms with Crippen LogP contribution >= 0.6 is 0 Å². The number of carbonyl (C=O) groups is 1. The predicted octanol–water partition coefficient (Wildman–Crippen LogP) is 2.07. The van der Waals surface area contributed by atoms with Crippen molar-refractivity contribution in [3.8, 4) is 0 Å². The maximum absolute atomic E-state index is 12.5. The molecule has 3 heterocycles. The van der Waals surface area contributed by atoms with Gasteiger partial charge in [0.15, 0.2) is 11.5 Å². The Morgan fingerprint density at radius 2 is 1.69 bits per heavy atom. The fraction of sp³-hybridized carbons (Fsp3) is 0.550. The molecule has 0 aliphatic carbocycles. The van der Waals surface area contributed by atoms with Crippen LogP contribution in [0.3, 0.4) is 0 Å². The van der Waals surface area contributed by atoms with Gasteiger partial charge in [0.2, 0.25) is 0 Å². The quantitative estimate of drug-likeness (QED) is 0.893. The molecule has 0 bridgehead atoms. The normalized spacial score (nSPS) is 23.8. The van der Waals surface area contributed by atoms with Crippen LogP contribution in [0.1, 0.15) is 24.8 Å². The van der Waals surface area contributed by atoms with Crippen molar-refractivity contribution in [3.05, 3.63) is 47.2 Å². The number of amides is 1. The number of aliphatic hydroxyl groups excluding tert-OH is 1. The molecular weight excluding hydrogens is 332 g/mol. The number of hydrogen-bond acceptors (Lipinski definition) is 5. The van der Waals surface area contributed by atoms with Crippen molar-refractivity contribution >= 4 is 5.91 Å². The van der Waals surface area contributed by atoms with Crippen LogP contribution in [-0.2, 0) is 20.8 Å². The van der Waals surface area contributed by atoms with E-state index in [4.69, 9.17) is 9.47 Å². The third kappa shape index (κ3) is 3.63. The number of likely N-dealkylation sites (tertiary alicyclic amines) is 1. The molecule has 1 spiro atoms. The lowest BCUT2D eigenvalue weighted by Gasteiger charge is -2.38. The summed E-state index contributed by atoms with van der Waals surface area (Å²) in [7, 11) is 0. The lowest BCUT2D eigenvalue weighted by atomic mass is 10.0. The third-order valence-corrected chi connectivity index (χ3v) is 5.57. The fourth-order valence-electron chi connectivity index (χ4n) is 4.01. The van der Waals surface area contributed by atoms with E-state index in [1.54, 1.807) is 4.90 Å². The highest BCUT2D eigenvalue weighted by atomic mass is 16.7. The number of piperidine rings is 1. The molecule has 1 aromatic rings. The fourth-order valence-corrected chi connectivity index (χ4v) is 4.01. The third-order valence-electron chi connectivity index (χ3n) is 5.57. The first kappa shape index (κ1) is 17.5. The first-order chi connectivity index (χ1) is 12.7. The van der Waals surface area contributed by atoms with E-state index in [1.807, 2.05) is 30.3 Å². The highest BCUT2D eigenvalue weighted by molar-refractivity contribution is 5.92. The summed E-state index contributed by atoms with van der Waals surface area (Å²) >= 11 is 0. The van der Waals surface area contributed by atoms with Crippen molar-refractivity contribution in [1.29, 1.82) is 0 Å². The van der Waals surface area contributed by atoms with Crippen molar-refractivity contribution in [3.63, 3.8) is 0 Å². The topological polar surface area (TPSA) is 62.2 Å². The van der Waals surface area contributed by atoms with Crippen LogP contribution in [0, 0.1) is 0 Å². The highest BCUT2D eigenvalue weighted by Gasteiger charge is 2.40. The maximum Gasteiger partial charge on any atom is 0.288 e. The van der Waals surface area contributed by atoms with E-state index in [9.17, 15) is 9.90 Å². The number of carbonyl (C=O) groups excluding carboxylic acids is 1. The first-order valence-electron chi connectivity index (χ1n) is 9.40. The molecule has 3 aliphatic rings. The van der Waals surface area contributed by atoms with Gasteiger partial charge < -0.3 is 19.5 Å². The van der Waals surface area contributed by atoms with E-state index < -0.39 is 0 Å². The zero-order valence-corrected chi connectivity index (χ0v) is 15.0. The summed E-state index contributed by atoms with van der Waals surface area (Å²) in [6.45, 7) is 4.91. The Labute approximate surface area is 154 Å². The Hall–Kier alpha value is -1.89. The van der Waals surface area contributed by atoms with Crippen molar-refractivity contribution in [2.45, 2.75) is 31.6 Å². The molecule has 3 aliphatic heterocycles. The zero-order valence-electron chi connectivity index (χ0n) is 15.0. The Bertz CT molecular complexity index is 672. The van der Waals surface area contributed by atoms with Gasteiger partial charge in [0, 0.05) is 45.6 Å². The number of ether oxygens (including phenoxy) is 2. The van der Waals surface area contributed by atoms with Crippen molar-refractivity contribution in [1.82, 2.24) is 9.80 Å². The molecule has 1 amide bonds. The molecule has 1 aromatic carbocycles. The van der Waals surface area contributed by atoms with Crippen molar-refractivity contribution < 1.29 is 19.4 Å². The molecule has 2 fully saturated rings.